The number of carbonyl (C=O) groups excluding carboxylic acids is 1. The maximum absolute atomic E-state index is 12.5. The lowest BCUT2D eigenvalue weighted by atomic mass is 10.2. The number of nitrogens with zero attached hydrogens (tertiary/aromatic N) is 4. The highest BCUT2D eigenvalue weighted by Crippen LogP contribution is 2.32. The van der Waals surface area contributed by atoms with E-state index in [1.165, 1.54) is 16.4 Å². The molecular weight excluding hydrogens is 382 g/mol. The Labute approximate surface area is 168 Å². The summed E-state index contributed by atoms with van der Waals surface area (Å²) in [6, 6.07) is 5.38. The third-order valence-electron chi connectivity index (χ3n) is 4.40. The van der Waals surface area contributed by atoms with Crippen molar-refractivity contribution in [1.29, 1.82) is 0 Å². The molecule has 1 aromatic carbocycles. The van der Waals surface area contributed by atoms with Gasteiger partial charge in [0.05, 0.1) is 32.2 Å². The summed E-state index contributed by atoms with van der Waals surface area (Å²) in [7, 11) is 3.14. The average molecular weight is 407 g/mol. The third kappa shape index (κ3) is 4.33. The van der Waals surface area contributed by atoms with Gasteiger partial charge in [-0.3, -0.25) is 4.79 Å². The predicted octanol–water partition coefficient (Wildman–Crippen LogP) is 1.40. The zero-order chi connectivity index (χ0) is 20.3. The van der Waals surface area contributed by atoms with Gasteiger partial charge in [0.15, 0.2) is 17.3 Å². The van der Waals surface area contributed by atoms with Crippen LogP contribution in [0.15, 0.2) is 23.4 Å². The van der Waals surface area contributed by atoms with Crippen LogP contribution in [0.1, 0.15) is 13.8 Å². The van der Waals surface area contributed by atoms with Gasteiger partial charge in [0.1, 0.15) is 0 Å². The van der Waals surface area contributed by atoms with Crippen LogP contribution in [0.2, 0.25) is 0 Å². The number of benzene rings is 1. The van der Waals surface area contributed by atoms with E-state index < -0.39 is 0 Å². The second-order valence-corrected chi connectivity index (χ2v) is 7.53. The number of thioether (sulfide) groups is 1. The van der Waals surface area contributed by atoms with Gasteiger partial charge in [-0.15, -0.1) is 10.2 Å². The van der Waals surface area contributed by atoms with Crippen LogP contribution in [0.4, 0.5) is 0 Å². The molecule has 0 unspecified atom stereocenters. The van der Waals surface area contributed by atoms with Gasteiger partial charge in [-0.2, -0.15) is 0 Å². The fourth-order valence-electron chi connectivity index (χ4n) is 3.15. The Morgan fingerprint density at radius 2 is 1.89 bits per heavy atom. The van der Waals surface area contributed by atoms with Crippen molar-refractivity contribution >= 4 is 17.7 Å². The van der Waals surface area contributed by atoms with Crippen molar-refractivity contribution in [2.75, 3.05) is 38.9 Å². The van der Waals surface area contributed by atoms with Gasteiger partial charge >= 0.3 is 0 Å². The van der Waals surface area contributed by atoms with Crippen molar-refractivity contribution in [2.45, 2.75) is 31.2 Å². The monoisotopic (exact) mass is 407 g/mol. The summed E-state index contributed by atoms with van der Waals surface area (Å²) in [6.45, 7) is 5.12. The van der Waals surface area contributed by atoms with Gasteiger partial charge in [-0.05, 0) is 32.0 Å². The van der Waals surface area contributed by atoms with Crippen LogP contribution in [0.5, 0.6) is 11.5 Å². The van der Waals surface area contributed by atoms with E-state index in [4.69, 9.17) is 20.1 Å². The molecule has 1 aliphatic heterocycles. The van der Waals surface area contributed by atoms with Crippen LogP contribution in [0, 0.1) is 0 Å². The molecule has 2 N–H and O–H groups in total. The molecule has 0 aliphatic carbocycles. The molecule has 0 bridgehead atoms. The van der Waals surface area contributed by atoms with Crippen molar-refractivity contribution in [1.82, 2.24) is 19.8 Å². The predicted molar refractivity (Wildman–Crippen MR) is 106 cm³/mol. The molecule has 0 saturated carbocycles. The first-order valence-corrected chi connectivity index (χ1v) is 9.90. The molecule has 3 rings (SSSR count). The minimum absolute atomic E-state index is 0.0302. The standard InChI is InChI=1S/C18H25N5O4S/c1-11-8-22(9-12(2)27-11)16(24)10-28-18-21-20-17(23(18)19)13-5-6-14(25-3)15(7-13)26-4/h5-7,11-12H,8-10,19H2,1-4H3/t11-,12-/m0/s1. The molecule has 1 saturated heterocycles. The molecule has 1 aromatic heterocycles. The average Bonchev–Trinajstić information content (AvgIpc) is 3.05. The minimum Gasteiger partial charge on any atom is -0.493 e. The zero-order valence-corrected chi connectivity index (χ0v) is 17.2. The molecular formula is C18H25N5O4S. The van der Waals surface area contributed by atoms with Crippen molar-refractivity contribution in [3.8, 4) is 22.9 Å². The fourth-order valence-corrected chi connectivity index (χ4v) is 3.91. The maximum Gasteiger partial charge on any atom is 0.233 e. The SMILES string of the molecule is COc1ccc(-c2nnc(SCC(=O)N3C[C@H](C)O[C@@H](C)C3)n2N)cc1OC. The Balaban J connectivity index is 1.69. The molecule has 2 heterocycles. The number of rotatable bonds is 6. The summed E-state index contributed by atoms with van der Waals surface area (Å²) in [6.07, 6.45) is 0.0695. The summed E-state index contributed by atoms with van der Waals surface area (Å²) >= 11 is 1.26. The van der Waals surface area contributed by atoms with Crippen molar-refractivity contribution < 1.29 is 19.0 Å². The van der Waals surface area contributed by atoms with Crippen LogP contribution in [-0.4, -0.2) is 71.0 Å². The summed E-state index contributed by atoms with van der Waals surface area (Å²) in [4.78, 5) is 14.3. The number of carbonyl (C=O) groups is 1. The van der Waals surface area contributed by atoms with Gasteiger partial charge in [-0.1, -0.05) is 11.8 Å². The van der Waals surface area contributed by atoms with Crippen LogP contribution >= 0.6 is 11.8 Å². The molecule has 2 atom stereocenters. The molecule has 1 aliphatic rings. The van der Waals surface area contributed by atoms with Gasteiger partial charge in [0.25, 0.3) is 0 Å². The fraction of sp³-hybridized carbons (Fsp3) is 0.500. The number of hydrogen-bond donors (Lipinski definition) is 1. The van der Waals surface area contributed by atoms with E-state index in [9.17, 15) is 4.79 Å². The summed E-state index contributed by atoms with van der Waals surface area (Å²) in [5, 5.41) is 8.74. The first-order valence-electron chi connectivity index (χ1n) is 8.91. The first-order chi connectivity index (χ1) is 13.4. The van der Waals surface area contributed by atoms with Gasteiger partial charge < -0.3 is 25.0 Å². The molecule has 0 spiro atoms. The Kier molecular flexibility index (Phi) is 6.30. The van der Waals surface area contributed by atoms with E-state index >= 15 is 0 Å². The molecule has 0 radical (unpaired) electrons. The van der Waals surface area contributed by atoms with Gasteiger partial charge in [0, 0.05) is 18.7 Å². The number of nitrogen functional groups attached to an aromatic ring is 1. The largest absolute Gasteiger partial charge is 0.493 e. The second-order valence-electron chi connectivity index (χ2n) is 6.59. The van der Waals surface area contributed by atoms with E-state index in [2.05, 4.69) is 10.2 Å². The normalized spacial score (nSPS) is 19.5. The van der Waals surface area contributed by atoms with Crippen LogP contribution in [0.3, 0.4) is 0 Å². The summed E-state index contributed by atoms with van der Waals surface area (Å²) < 4.78 is 17.6. The third-order valence-corrected chi connectivity index (χ3v) is 5.33. The van der Waals surface area contributed by atoms with Crippen LogP contribution < -0.4 is 15.3 Å². The summed E-state index contributed by atoms with van der Waals surface area (Å²) in [5.41, 5.74) is 0.738. The van der Waals surface area contributed by atoms with E-state index in [1.807, 2.05) is 24.8 Å². The van der Waals surface area contributed by atoms with E-state index in [-0.39, 0.29) is 23.9 Å². The lowest BCUT2D eigenvalue weighted by molar-refractivity contribution is -0.140. The Morgan fingerprint density at radius 3 is 2.54 bits per heavy atom. The Morgan fingerprint density at radius 1 is 1.21 bits per heavy atom. The van der Waals surface area contributed by atoms with E-state index in [0.717, 1.165) is 5.56 Å². The lowest BCUT2D eigenvalue weighted by Crippen LogP contribution is -2.48. The van der Waals surface area contributed by atoms with Crippen LogP contribution in [-0.2, 0) is 9.53 Å². The molecule has 152 valence electrons. The molecule has 9 nitrogen and oxygen atoms in total. The number of aromatic nitrogens is 3. The molecule has 1 fully saturated rings. The maximum atomic E-state index is 12.5. The second kappa shape index (κ2) is 8.70. The van der Waals surface area contributed by atoms with Gasteiger partial charge in [0.2, 0.25) is 11.1 Å². The zero-order valence-electron chi connectivity index (χ0n) is 16.4. The molecule has 2 aromatic rings. The van der Waals surface area contributed by atoms with Crippen LogP contribution in [0.25, 0.3) is 11.4 Å². The Bertz CT molecular complexity index is 833. The lowest BCUT2D eigenvalue weighted by Gasteiger charge is -2.35. The molecule has 28 heavy (non-hydrogen) atoms. The molecule has 10 heteroatoms. The Hall–Kier alpha value is -2.46. The number of ether oxygens (including phenoxy) is 3. The van der Waals surface area contributed by atoms with Gasteiger partial charge in [-0.25, -0.2) is 4.68 Å². The summed E-state index contributed by atoms with van der Waals surface area (Å²) in [5.74, 6) is 8.09. The quantitative estimate of drug-likeness (QED) is 0.566. The highest BCUT2D eigenvalue weighted by Gasteiger charge is 2.26. The highest BCUT2D eigenvalue weighted by atomic mass is 32.2. The molecule has 1 amide bonds. The number of morpholine rings is 1. The smallest absolute Gasteiger partial charge is 0.233 e. The van der Waals surface area contributed by atoms with Crippen molar-refractivity contribution in [3.05, 3.63) is 18.2 Å². The highest BCUT2D eigenvalue weighted by molar-refractivity contribution is 7.99. The van der Waals surface area contributed by atoms with E-state index in [1.54, 1.807) is 26.4 Å². The topological polar surface area (TPSA) is 105 Å². The number of nitrogens with two attached hydrogens (primary N) is 1. The number of amides is 1. The van der Waals surface area contributed by atoms with E-state index in [0.29, 0.717) is 35.6 Å². The number of methoxy groups -OCH3 is 2. The first kappa shape index (κ1) is 20.3. The number of hydrogen-bond acceptors (Lipinski definition) is 8. The van der Waals surface area contributed by atoms with Crippen molar-refractivity contribution in [3.63, 3.8) is 0 Å². The van der Waals surface area contributed by atoms with Crippen molar-refractivity contribution in [2.24, 2.45) is 0 Å². The minimum atomic E-state index is 0.0302.